The molecule has 0 saturated carbocycles. The van der Waals surface area contributed by atoms with Crippen LogP contribution in [0.5, 0.6) is 0 Å². The predicted molar refractivity (Wildman–Crippen MR) is 67.1 cm³/mol. The van der Waals surface area contributed by atoms with Gasteiger partial charge in [0, 0.05) is 13.1 Å². The molecule has 98 valence electrons. The first-order valence-corrected chi connectivity index (χ1v) is 6.20. The van der Waals surface area contributed by atoms with Gasteiger partial charge in [0.1, 0.15) is 4.60 Å². The third kappa shape index (κ3) is 3.15. The summed E-state index contributed by atoms with van der Waals surface area (Å²) in [7, 11) is 1.31. The number of morpholine rings is 1. The van der Waals surface area contributed by atoms with Gasteiger partial charge >= 0.3 is 5.97 Å². The minimum atomic E-state index is -0.528. The van der Waals surface area contributed by atoms with Crippen molar-refractivity contribution in [3.63, 3.8) is 0 Å². The lowest BCUT2D eigenvalue weighted by atomic mass is 10.4. The van der Waals surface area contributed by atoms with Gasteiger partial charge in [-0.3, -0.25) is 0 Å². The van der Waals surface area contributed by atoms with Gasteiger partial charge in [0.15, 0.2) is 11.5 Å². The number of nitrogens with one attached hydrogen (secondary N) is 1. The van der Waals surface area contributed by atoms with Crippen molar-refractivity contribution in [1.82, 2.24) is 15.0 Å². The number of aromatic nitrogens is 2. The standard InChI is InChI=1S/C10H13BrN4O3/c1-17-10(16)8-9(12-6-7(11)13-8)14-15-2-4-18-5-3-15/h6H,2-5H2,1H3,(H,12,14). The van der Waals surface area contributed by atoms with Crippen molar-refractivity contribution in [3.05, 3.63) is 16.5 Å². The Morgan fingerprint density at radius 1 is 1.56 bits per heavy atom. The van der Waals surface area contributed by atoms with Crippen LogP contribution in [0.2, 0.25) is 0 Å². The quantitative estimate of drug-likeness (QED) is 0.822. The van der Waals surface area contributed by atoms with E-state index in [1.807, 2.05) is 5.01 Å². The number of esters is 1. The number of hydrogen-bond acceptors (Lipinski definition) is 7. The van der Waals surface area contributed by atoms with Crippen molar-refractivity contribution in [2.75, 3.05) is 38.8 Å². The third-order valence-electron chi connectivity index (χ3n) is 2.40. The first kappa shape index (κ1) is 13.2. The number of carbonyl (C=O) groups excluding carboxylic acids is 1. The van der Waals surface area contributed by atoms with Crippen LogP contribution in [0.4, 0.5) is 5.82 Å². The highest BCUT2D eigenvalue weighted by atomic mass is 79.9. The van der Waals surface area contributed by atoms with Crippen LogP contribution in [0.3, 0.4) is 0 Å². The molecular weight excluding hydrogens is 304 g/mol. The minimum Gasteiger partial charge on any atom is -0.464 e. The second-order valence-corrected chi connectivity index (χ2v) is 4.41. The largest absolute Gasteiger partial charge is 0.464 e. The van der Waals surface area contributed by atoms with Crippen molar-refractivity contribution >= 4 is 27.7 Å². The molecule has 1 aromatic heterocycles. The first-order valence-electron chi connectivity index (χ1n) is 5.41. The summed E-state index contributed by atoms with van der Waals surface area (Å²) in [6.07, 6.45) is 1.52. The molecule has 8 heteroatoms. The normalized spacial score (nSPS) is 16.3. The van der Waals surface area contributed by atoms with E-state index in [1.54, 1.807) is 0 Å². The molecule has 1 fully saturated rings. The zero-order chi connectivity index (χ0) is 13.0. The van der Waals surface area contributed by atoms with Gasteiger partial charge < -0.3 is 14.9 Å². The topological polar surface area (TPSA) is 76.6 Å². The zero-order valence-electron chi connectivity index (χ0n) is 9.85. The molecule has 2 rings (SSSR count). The van der Waals surface area contributed by atoms with Crippen molar-refractivity contribution in [3.8, 4) is 0 Å². The Morgan fingerprint density at radius 3 is 2.94 bits per heavy atom. The van der Waals surface area contributed by atoms with E-state index >= 15 is 0 Å². The molecule has 1 saturated heterocycles. The maximum atomic E-state index is 11.6. The number of ether oxygens (including phenoxy) is 2. The monoisotopic (exact) mass is 316 g/mol. The summed E-state index contributed by atoms with van der Waals surface area (Å²) < 4.78 is 10.4. The Kier molecular flexibility index (Phi) is 4.45. The number of methoxy groups -OCH3 is 1. The molecule has 2 heterocycles. The molecule has 0 aliphatic carbocycles. The zero-order valence-corrected chi connectivity index (χ0v) is 11.4. The average Bonchev–Trinajstić information content (AvgIpc) is 2.41. The smallest absolute Gasteiger partial charge is 0.360 e. The summed E-state index contributed by atoms with van der Waals surface area (Å²) in [5, 5.41) is 1.92. The van der Waals surface area contributed by atoms with Gasteiger partial charge in [-0.2, -0.15) is 0 Å². The van der Waals surface area contributed by atoms with E-state index in [2.05, 4.69) is 36.1 Å². The second kappa shape index (κ2) is 6.07. The Morgan fingerprint density at radius 2 is 2.28 bits per heavy atom. The Balaban J connectivity index is 2.17. The van der Waals surface area contributed by atoms with Gasteiger partial charge in [-0.25, -0.2) is 19.8 Å². The van der Waals surface area contributed by atoms with Gasteiger partial charge in [0.2, 0.25) is 0 Å². The highest BCUT2D eigenvalue weighted by molar-refractivity contribution is 9.10. The fraction of sp³-hybridized carbons (Fsp3) is 0.500. The van der Waals surface area contributed by atoms with Crippen LogP contribution in [-0.2, 0) is 9.47 Å². The van der Waals surface area contributed by atoms with Crippen LogP contribution < -0.4 is 5.43 Å². The number of hydrogen-bond donors (Lipinski definition) is 1. The molecule has 1 aliphatic heterocycles. The number of carbonyl (C=O) groups is 1. The van der Waals surface area contributed by atoms with Gasteiger partial charge in [-0.05, 0) is 15.9 Å². The van der Waals surface area contributed by atoms with Gasteiger partial charge in [-0.1, -0.05) is 0 Å². The molecule has 0 atom stereocenters. The van der Waals surface area contributed by atoms with E-state index in [4.69, 9.17) is 4.74 Å². The third-order valence-corrected chi connectivity index (χ3v) is 2.78. The average molecular weight is 317 g/mol. The van der Waals surface area contributed by atoms with Crippen molar-refractivity contribution in [2.45, 2.75) is 0 Å². The number of halogens is 1. The molecule has 1 N–H and O–H groups in total. The Labute approximate surface area is 113 Å². The van der Waals surface area contributed by atoms with E-state index in [9.17, 15) is 4.79 Å². The molecule has 0 unspecified atom stereocenters. The van der Waals surface area contributed by atoms with Gasteiger partial charge in [-0.15, -0.1) is 0 Å². The fourth-order valence-electron chi connectivity index (χ4n) is 1.51. The van der Waals surface area contributed by atoms with Crippen molar-refractivity contribution < 1.29 is 14.3 Å². The van der Waals surface area contributed by atoms with Crippen molar-refractivity contribution in [1.29, 1.82) is 0 Å². The van der Waals surface area contributed by atoms with Crippen LogP contribution in [-0.4, -0.2) is 54.4 Å². The summed E-state index contributed by atoms with van der Waals surface area (Å²) >= 11 is 3.18. The Hall–Kier alpha value is -1.25. The van der Waals surface area contributed by atoms with Gasteiger partial charge in [0.05, 0.1) is 26.5 Å². The lowest BCUT2D eigenvalue weighted by Crippen LogP contribution is -2.41. The van der Waals surface area contributed by atoms with Crippen molar-refractivity contribution in [2.24, 2.45) is 0 Å². The molecule has 0 radical (unpaired) electrons. The summed E-state index contributed by atoms with van der Waals surface area (Å²) in [6, 6.07) is 0. The molecule has 1 aliphatic rings. The van der Waals surface area contributed by atoms with Crippen LogP contribution in [0, 0.1) is 0 Å². The summed E-state index contributed by atoms with van der Waals surface area (Å²) in [6.45, 7) is 2.73. The van der Waals surface area contributed by atoms with Gasteiger partial charge in [0.25, 0.3) is 0 Å². The summed E-state index contributed by atoms with van der Waals surface area (Å²) in [4.78, 5) is 19.8. The van der Waals surface area contributed by atoms with E-state index in [0.717, 1.165) is 13.1 Å². The first-order chi connectivity index (χ1) is 8.70. The number of nitrogens with zero attached hydrogens (tertiary/aromatic N) is 3. The Bertz CT molecular complexity index is 437. The van der Waals surface area contributed by atoms with Crippen LogP contribution in [0.1, 0.15) is 10.5 Å². The summed E-state index contributed by atoms with van der Waals surface area (Å²) in [5.41, 5.74) is 3.20. The van der Waals surface area contributed by atoms with E-state index < -0.39 is 5.97 Å². The van der Waals surface area contributed by atoms with Crippen LogP contribution in [0.25, 0.3) is 0 Å². The predicted octanol–water partition coefficient (Wildman–Crippen LogP) is 0.685. The molecule has 0 aromatic carbocycles. The van der Waals surface area contributed by atoms with E-state index in [-0.39, 0.29) is 5.69 Å². The molecule has 1 aromatic rings. The lowest BCUT2D eigenvalue weighted by molar-refractivity contribution is 0.0490. The van der Waals surface area contributed by atoms with E-state index in [0.29, 0.717) is 23.6 Å². The maximum absolute atomic E-state index is 11.6. The molecule has 0 amide bonds. The minimum absolute atomic E-state index is 0.151. The maximum Gasteiger partial charge on any atom is 0.360 e. The number of hydrazine groups is 1. The number of rotatable bonds is 3. The molecule has 18 heavy (non-hydrogen) atoms. The molecule has 0 spiro atoms. The van der Waals surface area contributed by atoms with Crippen LogP contribution in [0.15, 0.2) is 10.8 Å². The lowest BCUT2D eigenvalue weighted by Gasteiger charge is -2.27. The highest BCUT2D eigenvalue weighted by Gasteiger charge is 2.19. The molecular formula is C10H13BrN4O3. The highest BCUT2D eigenvalue weighted by Crippen LogP contribution is 2.15. The fourth-order valence-corrected chi connectivity index (χ4v) is 1.79. The van der Waals surface area contributed by atoms with E-state index in [1.165, 1.54) is 13.3 Å². The van der Waals surface area contributed by atoms with Crippen LogP contribution >= 0.6 is 15.9 Å². The molecule has 7 nitrogen and oxygen atoms in total. The second-order valence-electron chi connectivity index (χ2n) is 3.59. The molecule has 0 bridgehead atoms. The summed E-state index contributed by atoms with van der Waals surface area (Å²) in [5.74, 6) is -0.147. The SMILES string of the molecule is COC(=O)c1nc(Br)cnc1NN1CCOCC1. The number of anilines is 1.